The number of carboxylic acid groups (broad SMARTS) is 2. The summed E-state index contributed by atoms with van der Waals surface area (Å²) in [5.74, 6) is -6.13. The average molecular weight is 494 g/mol. The molecular formula is C24H32FN3O7. The van der Waals surface area contributed by atoms with E-state index in [1.54, 1.807) is 34.6 Å². The number of hydrogen-bond donors (Lipinski definition) is 5. The van der Waals surface area contributed by atoms with Crippen LogP contribution in [0.4, 0.5) is 19.7 Å². The molecule has 5 atom stereocenters. The van der Waals surface area contributed by atoms with Crippen molar-refractivity contribution in [3.05, 3.63) is 30.1 Å². The number of fused-ring (bicyclic) bond motifs is 1. The number of anilines is 1. The number of alkyl carbamates (subject to hydrolysis) is 1. The predicted molar refractivity (Wildman–Crippen MR) is 123 cm³/mol. The van der Waals surface area contributed by atoms with Gasteiger partial charge in [-0.25, -0.2) is 18.8 Å². The van der Waals surface area contributed by atoms with Crippen LogP contribution in [0, 0.1) is 29.0 Å². The smallest absolute Gasteiger partial charge is 0.408 e. The zero-order valence-corrected chi connectivity index (χ0v) is 20.3. The third-order valence-corrected chi connectivity index (χ3v) is 7.33. The molecule has 2 fully saturated rings. The average Bonchev–Trinajstić information content (AvgIpc) is 3.44. The van der Waals surface area contributed by atoms with E-state index >= 15 is 0 Å². The number of carboxylic acids is 2. The molecule has 5 N–H and O–H groups in total. The second-order valence-corrected chi connectivity index (χ2v) is 10.1. The molecule has 0 unspecified atom stereocenters. The number of benzene rings is 1. The molecule has 2 saturated carbocycles. The summed E-state index contributed by atoms with van der Waals surface area (Å²) in [7, 11) is 0. The first-order valence-corrected chi connectivity index (χ1v) is 11.5. The van der Waals surface area contributed by atoms with Crippen molar-refractivity contribution in [2.75, 3.05) is 5.32 Å². The van der Waals surface area contributed by atoms with Crippen molar-refractivity contribution in [2.24, 2.45) is 23.2 Å². The Morgan fingerprint density at radius 2 is 1.69 bits per heavy atom. The van der Waals surface area contributed by atoms with Crippen LogP contribution in [0.3, 0.4) is 0 Å². The highest BCUT2D eigenvalue weighted by atomic mass is 19.1. The molecular weight excluding hydrogens is 461 g/mol. The van der Waals surface area contributed by atoms with Crippen LogP contribution in [-0.2, 0) is 14.3 Å². The van der Waals surface area contributed by atoms with E-state index in [2.05, 4.69) is 16.0 Å². The fraction of sp³-hybridized carbons (Fsp3) is 0.583. The van der Waals surface area contributed by atoms with Crippen LogP contribution < -0.4 is 16.0 Å². The van der Waals surface area contributed by atoms with Crippen molar-refractivity contribution >= 4 is 29.8 Å². The van der Waals surface area contributed by atoms with Crippen LogP contribution in [0.5, 0.6) is 0 Å². The maximum atomic E-state index is 14.0. The zero-order chi connectivity index (χ0) is 26.3. The van der Waals surface area contributed by atoms with Crippen molar-refractivity contribution in [3.8, 4) is 0 Å². The van der Waals surface area contributed by atoms with Gasteiger partial charge in [0.2, 0.25) is 0 Å². The first kappa shape index (κ1) is 26.2. The second-order valence-electron chi connectivity index (χ2n) is 10.1. The fourth-order valence-corrected chi connectivity index (χ4v) is 6.00. The van der Waals surface area contributed by atoms with E-state index in [1.165, 1.54) is 24.3 Å². The fourth-order valence-electron chi connectivity index (χ4n) is 6.00. The summed E-state index contributed by atoms with van der Waals surface area (Å²) in [6, 6.07) is 3.80. The standard InChI is InChI=1S/C24H32FN3O7/c1-6-23(7-2)17(27-20(33)26-13-11-9-8-10-12(13)25)14-15(18(29)30)16(14)24(23,19(31)32)28-21(34)35-22(3,4)5/h8-11,14-17H,6-7H2,1-5H3,(H,28,34)(H,29,30)(H,31,32)(H2,26,27,33)/t14-,15-,16+,17+,24-/m1/s1. The topological polar surface area (TPSA) is 154 Å². The molecule has 0 radical (unpaired) electrons. The van der Waals surface area contributed by atoms with Gasteiger partial charge in [0, 0.05) is 17.4 Å². The van der Waals surface area contributed by atoms with Gasteiger partial charge in [-0.1, -0.05) is 26.0 Å². The number of nitrogens with one attached hydrogen (secondary N) is 3. The van der Waals surface area contributed by atoms with E-state index < -0.39 is 70.2 Å². The number of ether oxygens (including phenoxy) is 1. The highest BCUT2D eigenvalue weighted by molar-refractivity contribution is 5.93. The SMILES string of the molecule is CCC1(CC)[C@@H](NC(=O)Nc2ccccc2F)[C@@H]2[C@@H](C(=O)O)[C@H]2[C@@]1(NC(=O)OC(C)(C)C)C(=O)O. The highest BCUT2D eigenvalue weighted by Gasteiger charge is 2.84. The van der Waals surface area contributed by atoms with E-state index in [4.69, 9.17) is 4.74 Å². The Morgan fingerprint density at radius 3 is 2.17 bits per heavy atom. The van der Waals surface area contributed by atoms with E-state index in [1.807, 2.05) is 0 Å². The minimum Gasteiger partial charge on any atom is -0.481 e. The van der Waals surface area contributed by atoms with E-state index in [0.29, 0.717) is 0 Å². The van der Waals surface area contributed by atoms with Crippen molar-refractivity contribution in [2.45, 2.75) is 64.6 Å². The molecule has 35 heavy (non-hydrogen) atoms. The van der Waals surface area contributed by atoms with Crippen molar-refractivity contribution in [1.29, 1.82) is 0 Å². The number of amides is 3. The van der Waals surface area contributed by atoms with E-state index in [9.17, 15) is 33.8 Å². The van der Waals surface area contributed by atoms with Crippen molar-refractivity contribution in [1.82, 2.24) is 10.6 Å². The summed E-state index contributed by atoms with van der Waals surface area (Å²) < 4.78 is 19.4. The van der Waals surface area contributed by atoms with Gasteiger partial charge in [-0.3, -0.25) is 4.79 Å². The van der Waals surface area contributed by atoms with Gasteiger partial charge >= 0.3 is 24.1 Å². The predicted octanol–water partition coefficient (Wildman–Crippen LogP) is 3.43. The van der Waals surface area contributed by atoms with Crippen LogP contribution in [0.15, 0.2) is 24.3 Å². The van der Waals surface area contributed by atoms with E-state index in [0.717, 1.165) is 0 Å². The quantitative estimate of drug-likeness (QED) is 0.390. The van der Waals surface area contributed by atoms with Crippen LogP contribution in [0.2, 0.25) is 0 Å². The number of hydrogen-bond acceptors (Lipinski definition) is 5. The van der Waals surface area contributed by atoms with Crippen molar-refractivity contribution in [3.63, 3.8) is 0 Å². The van der Waals surface area contributed by atoms with Gasteiger partial charge in [-0.2, -0.15) is 0 Å². The molecule has 1 aromatic rings. The monoisotopic (exact) mass is 493 g/mol. The Morgan fingerprint density at radius 1 is 1.09 bits per heavy atom. The third-order valence-electron chi connectivity index (χ3n) is 7.33. The lowest BCUT2D eigenvalue weighted by atomic mass is 9.62. The molecule has 0 spiro atoms. The lowest BCUT2D eigenvalue weighted by Gasteiger charge is -2.48. The van der Waals surface area contributed by atoms with Crippen LogP contribution in [-0.4, -0.2) is 51.5 Å². The first-order valence-electron chi connectivity index (χ1n) is 11.5. The van der Waals surface area contributed by atoms with Gasteiger partial charge in [0.05, 0.1) is 11.6 Å². The molecule has 10 nitrogen and oxygen atoms in total. The molecule has 3 amide bonds. The van der Waals surface area contributed by atoms with Crippen LogP contribution in [0.25, 0.3) is 0 Å². The van der Waals surface area contributed by atoms with Gasteiger partial charge in [-0.05, 0) is 51.7 Å². The Kier molecular flexibility index (Phi) is 6.75. The molecule has 3 rings (SSSR count). The summed E-state index contributed by atoms with van der Waals surface area (Å²) in [4.78, 5) is 50.6. The second kappa shape index (κ2) is 9.01. The van der Waals surface area contributed by atoms with Gasteiger partial charge in [-0.15, -0.1) is 0 Å². The van der Waals surface area contributed by atoms with Gasteiger partial charge in [0.15, 0.2) is 5.54 Å². The maximum Gasteiger partial charge on any atom is 0.408 e. The first-order chi connectivity index (χ1) is 16.3. The number of carbonyl (C=O) groups excluding carboxylic acids is 2. The lowest BCUT2D eigenvalue weighted by Crippen LogP contribution is -2.69. The Labute approximate surface area is 202 Å². The molecule has 1 aromatic carbocycles. The van der Waals surface area contributed by atoms with Gasteiger partial charge in [0.25, 0.3) is 0 Å². The Hall–Kier alpha value is -3.37. The van der Waals surface area contributed by atoms with Gasteiger partial charge in [0.1, 0.15) is 11.4 Å². The number of para-hydroxylation sites is 1. The molecule has 0 saturated heterocycles. The number of rotatable bonds is 7. The van der Waals surface area contributed by atoms with E-state index in [-0.39, 0.29) is 18.5 Å². The number of aliphatic carboxylic acids is 2. The van der Waals surface area contributed by atoms with Crippen LogP contribution in [0.1, 0.15) is 47.5 Å². The molecule has 0 heterocycles. The maximum absolute atomic E-state index is 14.0. The number of urea groups is 1. The lowest BCUT2D eigenvalue weighted by molar-refractivity contribution is -0.155. The summed E-state index contributed by atoms with van der Waals surface area (Å²) in [5.41, 5.74) is -4.26. The summed E-state index contributed by atoms with van der Waals surface area (Å²) in [6.45, 7) is 8.32. The number of carbonyl (C=O) groups is 4. The van der Waals surface area contributed by atoms with Crippen molar-refractivity contribution < 1.29 is 38.5 Å². The minimum absolute atomic E-state index is 0.0832. The summed E-state index contributed by atoms with van der Waals surface area (Å²) in [6.07, 6.45) is -0.581. The molecule has 192 valence electrons. The van der Waals surface area contributed by atoms with Crippen LogP contribution >= 0.6 is 0 Å². The molecule has 2 aliphatic rings. The number of halogens is 1. The molecule has 0 aromatic heterocycles. The Balaban J connectivity index is 2.03. The Bertz CT molecular complexity index is 1040. The largest absolute Gasteiger partial charge is 0.481 e. The molecule has 0 aliphatic heterocycles. The minimum atomic E-state index is -2.01. The summed E-state index contributed by atoms with van der Waals surface area (Å²) in [5, 5.41) is 28.0. The van der Waals surface area contributed by atoms with Gasteiger partial charge < -0.3 is 30.9 Å². The normalized spacial score (nSPS) is 28.4. The zero-order valence-electron chi connectivity index (χ0n) is 20.3. The third kappa shape index (κ3) is 4.28. The summed E-state index contributed by atoms with van der Waals surface area (Å²) >= 11 is 0. The molecule has 0 bridgehead atoms. The molecule has 2 aliphatic carbocycles. The highest BCUT2D eigenvalue weighted by Crippen LogP contribution is 2.71. The molecule has 11 heteroatoms.